The summed E-state index contributed by atoms with van der Waals surface area (Å²) in [4.78, 5) is 48.5. The molecule has 0 fully saturated rings. The Morgan fingerprint density at radius 2 is 1.40 bits per heavy atom. The number of rotatable bonds is 16. The predicted molar refractivity (Wildman–Crippen MR) is 144 cm³/mol. The molecule has 0 aliphatic heterocycles. The number of carboxylic acids is 1. The van der Waals surface area contributed by atoms with Crippen LogP contribution in [-0.2, 0) is 30.2 Å². The number of carbonyl (C=O) groups is 4. The van der Waals surface area contributed by atoms with Gasteiger partial charge < -0.3 is 39.3 Å². The Labute approximate surface area is 235 Å². The smallest absolute Gasteiger partial charge is 0.480 e. The van der Waals surface area contributed by atoms with Crippen LogP contribution in [0.15, 0.2) is 18.2 Å². The summed E-state index contributed by atoms with van der Waals surface area (Å²) in [5, 5.41) is 9.89. The molecule has 0 aromatic heterocycles. The molecule has 40 heavy (non-hydrogen) atoms. The van der Waals surface area contributed by atoms with Gasteiger partial charge in [-0.1, -0.05) is 53.5 Å². The first-order chi connectivity index (χ1) is 18.8. The number of hydrogen-bond acceptors (Lipinski definition) is 11. The molecular formula is C28H43NO11. The summed E-state index contributed by atoms with van der Waals surface area (Å²) in [6.07, 6.45) is -2.11. The average molecular weight is 570 g/mol. The van der Waals surface area contributed by atoms with E-state index in [1.807, 2.05) is 34.6 Å². The summed E-state index contributed by atoms with van der Waals surface area (Å²) in [5.74, 6) is -1.44. The highest BCUT2D eigenvalue weighted by Crippen LogP contribution is 2.31. The molecule has 1 aromatic rings. The molecule has 0 bridgehead atoms. The SMILES string of the molecule is CCCOC(=O)O[C@@H](C)CC(N)(Cc1ccc(OC(=O)OCC(C)CC)c(OC(=O)OCC(C)CC)c1)C(=O)O. The largest absolute Gasteiger partial charge is 0.513 e. The maximum Gasteiger partial charge on any atom is 0.513 e. The van der Waals surface area contributed by atoms with Crippen molar-refractivity contribution in [2.75, 3.05) is 19.8 Å². The van der Waals surface area contributed by atoms with Crippen molar-refractivity contribution >= 4 is 24.4 Å². The van der Waals surface area contributed by atoms with E-state index < -0.39 is 36.1 Å². The summed E-state index contributed by atoms with van der Waals surface area (Å²) in [5.41, 5.74) is 4.71. The first-order valence-electron chi connectivity index (χ1n) is 13.5. The monoisotopic (exact) mass is 569 g/mol. The molecule has 1 rings (SSSR count). The first-order valence-corrected chi connectivity index (χ1v) is 13.5. The molecule has 0 aliphatic rings. The predicted octanol–water partition coefficient (Wildman–Crippen LogP) is 5.48. The van der Waals surface area contributed by atoms with Crippen molar-refractivity contribution in [3.63, 3.8) is 0 Å². The zero-order chi connectivity index (χ0) is 30.3. The molecule has 0 aliphatic carbocycles. The number of aliphatic carboxylic acids is 1. The summed E-state index contributed by atoms with van der Waals surface area (Å²) in [6, 6.07) is 4.13. The van der Waals surface area contributed by atoms with Crippen molar-refractivity contribution in [2.24, 2.45) is 17.6 Å². The average Bonchev–Trinajstić information content (AvgIpc) is 2.90. The van der Waals surface area contributed by atoms with Gasteiger partial charge in [0.05, 0.1) is 19.8 Å². The van der Waals surface area contributed by atoms with Crippen LogP contribution in [-0.4, -0.2) is 61.0 Å². The molecule has 0 saturated heterocycles. The minimum Gasteiger partial charge on any atom is -0.480 e. The Bertz CT molecular complexity index is 983. The third-order valence-corrected chi connectivity index (χ3v) is 6.08. The van der Waals surface area contributed by atoms with Gasteiger partial charge in [0.25, 0.3) is 0 Å². The van der Waals surface area contributed by atoms with E-state index in [9.17, 15) is 24.3 Å². The number of nitrogens with two attached hydrogens (primary N) is 1. The Kier molecular flexibility index (Phi) is 14.8. The second-order valence-electron chi connectivity index (χ2n) is 10.0. The van der Waals surface area contributed by atoms with Gasteiger partial charge in [-0.25, -0.2) is 14.4 Å². The number of ether oxygens (including phenoxy) is 6. The van der Waals surface area contributed by atoms with Crippen LogP contribution in [0.1, 0.15) is 72.8 Å². The number of benzene rings is 1. The van der Waals surface area contributed by atoms with E-state index in [1.165, 1.54) is 25.1 Å². The third kappa shape index (κ3) is 12.5. The standard InChI is InChI=1S/C28H43NO11/c1-7-12-35-25(32)38-20(6)14-28(29,24(30)31)15-21-10-11-22(39-26(33)36-16-18(4)8-2)23(13-21)40-27(34)37-17-19(5)9-3/h10-11,13,18-20H,7-9,12,14-17,29H2,1-6H3,(H,30,31)/t18?,19?,20-,28?/m0/s1. The normalized spacial score (nSPS) is 14.6. The van der Waals surface area contributed by atoms with Gasteiger partial charge >= 0.3 is 24.4 Å². The highest BCUT2D eigenvalue weighted by molar-refractivity contribution is 5.79. The number of hydrogen-bond donors (Lipinski definition) is 2. The summed E-state index contributed by atoms with van der Waals surface area (Å²) in [7, 11) is 0. The Morgan fingerprint density at radius 1 is 0.850 bits per heavy atom. The van der Waals surface area contributed by atoms with Gasteiger partial charge in [0.1, 0.15) is 11.6 Å². The van der Waals surface area contributed by atoms with Crippen LogP contribution in [0.4, 0.5) is 14.4 Å². The number of carboxylic acid groups (broad SMARTS) is 1. The van der Waals surface area contributed by atoms with Crippen molar-refractivity contribution in [1.82, 2.24) is 0 Å². The second-order valence-corrected chi connectivity index (χ2v) is 10.0. The lowest BCUT2D eigenvalue weighted by atomic mass is 9.86. The van der Waals surface area contributed by atoms with Crippen LogP contribution in [0.5, 0.6) is 11.5 Å². The lowest BCUT2D eigenvalue weighted by Crippen LogP contribution is -2.52. The van der Waals surface area contributed by atoms with Gasteiger partial charge in [-0.3, -0.25) is 4.79 Å². The molecule has 226 valence electrons. The van der Waals surface area contributed by atoms with Gasteiger partial charge in [0, 0.05) is 12.8 Å². The summed E-state index contributed by atoms with van der Waals surface area (Å²) in [6.45, 7) is 11.5. The highest BCUT2D eigenvalue weighted by atomic mass is 16.7. The Hall–Kier alpha value is -3.54. The fraction of sp³-hybridized carbons (Fsp3) is 0.643. The molecule has 12 heteroatoms. The van der Waals surface area contributed by atoms with Crippen molar-refractivity contribution in [3.8, 4) is 11.5 Å². The minimum absolute atomic E-state index is 0.0991. The molecule has 0 amide bonds. The van der Waals surface area contributed by atoms with Gasteiger partial charge in [0.15, 0.2) is 11.5 Å². The Balaban J connectivity index is 3.14. The molecule has 0 radical (unpaired) electrons. The quantitative estimate of drug-likeness (QED) is 0.146. The van der Waals surface area contributed by atoms with Crippen molar-refractivity contribution < 1.29 is 52.7 Å². The van der Waals surface area contributed by atoms with Gasteiger partial charge in [-0.05, 0) is 42.9 Å². The minimum atomic E-state index is -1.86. The molecule has 0 heterocycles. The zero-order valence-corrected chi connectivity index (χ0v) is 24.2. The van der Waals surface area contributed by atoms with Crippen LogP contribution in [0.25, 0.3) is 0 Å². The molecule has 0 saturated carbocycles. The van der Waals surface area contributed by atoms with Crippen molar-refractivity contribution in [2.45, 2.75) is 85.3 Å². The van der Waals surface area contributed by atoms with Crippen molar-refractivity contribution in [1.29, 1.82) is 0 Å². The second kappa shape index (κ2) is 17.2. The molecule has 0 spiro atoms. The van der Waals surface area contributed by atoms with Crippen LogP contribution >= 0.6 is 0 Å². The highest BCUT2D eigenvalue weighted by Gasteiger charge is 2.37. The molecule has 3 unspecified atom stereocenters. The van der Waals surface area contributed by atoms with Gasteiger partial charge in [-0.15, -0.1) is 0 Å². The molecule has 3 N–H and O–H groups in total. The maximum atomic E-state index is 12.4. The van der Waals surface area contributed by atoms with E-state index >= 15 is 0 Å². The van der Waals surface area contributed by atoms with Gasteiger partial charge in [-0.2, -0.15) is 0 Å². The van der Waals surface area contributed by atoms with E-state index in [-0.39, 0.29) is 56.0 Å². The van der Waals surface area contributed by atoms with Gasteiger partial charge in [0.2, 0.25) is 0 Å². The first kappa shape index (κ1) is 34.5. The number of carbonyl (C=O) groups excluding carboxylic acids is 3. The fourth-order valence-electron chi connectivity index (χ4n) is 3.26. The fourth-order valence-corrected chi connectivity index (χ4v) is 3.26. The lowest BCUT2D eigenvalue weighted by molar-refractivity contribution is -0.144. The van der Waals surface area contributed by atoms with E-state index in [0.717, 1.165) is 12.8 Å². The molecule has 4 atom stereocenters. The molecular weight excluding hydrogens is 526 g/mol. The van der Waals surface area contributed by atoms with Crippen LogP contribution < -0.4 is 15.2 Å². The van der Waals surface area contributed by atoms with Crippen LogP contribution in [0.2, 0.25) is 0 Å². The zero-order valence-electron chi connectivity index (χ0n) is 24.2. The van der Waals surface area contributed by atoms with Crippen LogP contribution in [0.3, 0.4) is 0 Å². The van der Waals surface area contributed by atoms with E-state index in [2.05, 4.69) is 0 Å². The van der Waals surface area contributed by atoms with Crippen LogP contribution in [0, 0.1) is 11.8 Å². The molecule has 12 nitrogen and oxygen atoms in total. The van der Waals surface area contributed by atoms with Crippen molar-refractivity contribution in [3.05, 3.63) is 23.8 Å². The topological polar surface area (TPSA) is 170 Å². The van der Waals surface area contributed by atoms with E-state index in [4.69, 9.17) is 34.2 Å². The Morgan fingerprint density at radius 3 is 1.90 bits per heavy atom. The van der Waals surface area contributed by atoms with E-state index in [0.29, 0.717) is 12.0 Å². The lowest BCUT2D eigenvalue weighted by Gasteiger charge is -2.28. The van der Waals surface area contributed by atoms with E-state index in [1.54, 1.807) is 0 Å². The third-order valence-electron chi connectivity index (χ3n) is 6.08. The molecule has 1 aromatic carbocycles. The maximum absolute atomic E-state index is 12.4. The summed E-state index contributed by atoms with van der Waals surface area (Å²) < 4.78 is 30.8. The summed E-state index contributed by atoms with van der Waals surface area (Å²) >= 11 is 0.